The van der Waals surface area contributed by atoms with Gasteiger partial charge in [-0.3, -0.25) is 0 Å². The molecule has 0 aliphatic carbocycles. The van der Waals surface area contributed by atoms with E-state index in [0.717, 1.165) is 32.5 Å². The third-order valence-corrected chi connectivity index (χ3v) is 2.78. The van der Waals surface area contributed by atoms with Gasteiger partial charge in [0.1, 0.15) is 0 Å². The molecule has 2 nitrogen and oxygen atoms in total. The van der Waals surface area contributed by atoms with Crippen molar-refractivity contribution in [2.24, 2.45) is 0 Å². The Bertz CT molecular complexity index is 309. The third kappa shape index (κ3) is 1.97. The van der Waals surface area contributed by atoms with Gasteiger partial charge >= 0.3 is 0 Å². The van der Waals surface area contributed by atoms with Crippen LogP contribution in [0.3, 0.4) is 0 Å². The maximum absolute atomic E-state index is 5.07. The molecular formula is C12H17NO. The molecule has 0 fully saturated rings. The fourth-order valence-electron chi connectivity index (χ4n) is 2.04. The number of aryl methyl sites for hydroxylation is 1. The minimum Gasteiger partial charge on any atom is -0.385 e. The first kappa shape index (κ1) is 9.69. The summed E-state index contributed by atoms with van der Waals surface area (Å²) in [6.07, 6.45) is 2.26. The summed E-state index contributed by atoms with van der Waals surface area (Å²) in [5.41, 5.74) is 4.48. The van der Waals surface area contributed by atoms with Crippen LogP contribution in [-0.4, -0.2) is 13.7 Å². The second-order valence-electron chi connectivity index (χ2n) is 3.75. The number of rotatable bonds is 4. The lowest BCUT2D eigenvalue weighted by atomic mass is 10.00. The number of hydrogen-bond donors (Lipinski definition) is 1. The van der Waals surface area contributed by atoms with E-state index in [1.165, 1.54) is 16.7 Å². The molecule has 0 amide bonds. The van der Waals surface area contributed by atoms with Gasteiger partial charge in [-0.05, 0) is 29.5 Å². The van der Waals surface area contributed by atoms with E-state index >= 15 is 0 Å². The van der Waals surface area contributed by atoms with Gasteiger partial charge in [-0.2, -0.15) is 0 Å². The Morgan fingerprint density at radius 2 is 2.29 bits per heavy atom. The molecule has 1 N–H and O–H groups in total. The maximum Gasteiger partial charge on any atom is 0.0465 e. The molecule has 14 heavy (non-hydrogen) atoms. The summed E-state index contributed by atoms with van der Waals surface area (Å²) in [4.78, 5) is 0. The molecule has 2 rings (SSSR count). The summed E-state index contributed by atoms with van der Waals surface area (Å²) >= 11 is 0. The second-order valence-corrected chi connectivity index (χ2v) is 3.75. The molecule has 1 aromatic carbocycles. The third-order valence-electron chi connectivity index (χ3n) is 2.78. The van der Waals surface area contributed by atoms with E-state index in [0.29, 0.717) is 0 Å². The average molecular weight is 191 g/mol. The summed E-state index contributed by atoms with van der Waals surface area (Å²) in [7, 11) is 1.76. The molecule has 2 heteroatoms. The highest BCUT2D eigenvalue weighted by Crippen LogP contribution is 2.20. The van der Waals surface area contributed by atoms with Gasteiger partial charge in [0.15, 0.2) is 0 Å². The van der Waals surface area contributed by atoms with E-state index in [1.54, 1.807) is 7.11 Å². The van der Waals surface area contributed by atoms with Gasteiger partial charge in [0.25, 0.3) is 0 Å². The van der Waals surface area contributed by atoms with Crippen molar-refractivity contribution in [3.05, 3.63) is 34.9 Å². The van der Waals surface area contributed by atoms with Crippen LogP contribution in [-0.2, 0) is 24.2 Å². The Morgan fingerprint density at radius 1 is 1.36 bits per heavy atom. The highest BCUT2D eigenvalue weighted by Gasteiger charge is 2.12. The number of methoxy groups -OCH3 is 1. The van der Waals surface area contributed by atoms with Gasteiger partial charge in [-0.15, -0.1) is 0 Å². The Hall–Kier alpha value is -0.860. The quantitative estimate of drug-likeness (QED) is 0.734. The van der Waals surface area contributed by atoms with Gasteiger partial charge < -0.3 is 10.1 Å². The molecule has 1 aromatic rings. The smallest absolute Gasteiger partial charge is 0.0465 e. The normalized spacial score (nSPS) is 14.4. The van der Waals surface area contributed by atoms with E-state index in [1.807, 2.05) is 0 Å². The summed E-state index contributed by atoms with van der Waals surface area (Å²) in [6, 6.07) is 6.62. The fraction of sp³-hybridized carbons (Fsp3) is 0.500. The lowest BCUT2D eigenvalue weighted by molar-refractivity contribution is 0.195. The Morgan fingerprint density at radius 3 is 3.14 bits per heavy atom. The van der Waals surface area contributed by atoms with E-state index < -0.39 is 0 Å². The summed E-state index contributed by atoms with van der Waals surface area (Å²) < 4.78 is 5.07. The van der Waals surface area contributed by atoms with E-state index in [9.17, 15) is 0 Å². The molecule has 1 aliphatic rings. The van der Waals surface area contributed by atoms with Crippen LogP contribution in [0, 0.1) is 0 Å². The Balaban J connectivity index is 2.06. The first-order chi connectivity index (χ1) is 6.92. The van der Waals surface area contributed by atoms with Crippen molar-refractivity contribution in [1.29, 1.82) is 0 Å². The van der Waals surface area contributed by atoms with Crippen LogP contribution in [0.15, 0.2) is 18.2 Å². The minimum atomic E-state index is 0.858. The summed E-state index contributed by atoms with van der Waals surface area (Å²) in [5, 5.41) is 3.39. The van der Waals surface area contributed by atoms with E-state index in [-0.39, 0.29) is 0 Å². The van der Waals surface area contributed by atoms with Crippen molar-refractivity contribution in [2.45, 2.75) is 25.9 Å². The number of nitrogens with one attached hydrogen (secondary N) is 1. The van der Waals surface area contributed by atoms with Gasteiger partial charge in [0.05, 0.1) is 0 Å². The van der Waals surface area contributed by atoms with Gasteiger partial charge in [-0.1, -0.05) is 18.2 Å². The average Bonchev–Trinajstić information content (AvgIpc) is 2.67. The summed E-state index contributed by atoms with van der Waals surface area (Å²) in [6.45, 7) is 2.93. The monoisotopic (exact) mass is 191 g/mol. The van der Waals surface area contributed by atoms with Crippen molar-refractivity contribution < 1.29 is 4.74 Å². The molecule has 0 bridgehead atoms. The number of ether oxygens (including phenoxy) is 1. The van der Waals surface area contributed by atoms with Crippen molar-refractivity contribution in [3.8, 4) is 0 Å². The van der Waals surface area contributed by atoms with Crippen molar-refractivity contribution in [2.75, 3.05) is 13.7 Å². The highest BCUT2D eigenvalue weighted by atomic mass is 16.5. The van der Waals surface area contributed by atoms with Gasteiger partial charge in [0.2, 0.25) is 0 Å². The van der Waals surface area contributed by atoms with Crippen LogP contribution in [0.5, 0.6) is 0 Å². The molecule has 0 atom stereocenters. The Labute approximate surface area is 85.3 Å². The molecule has 1 heterocycles. The molecule has 0 saturated heterocycles. The Kier molecular flexibility index (Phi) is 3.17. The standard InChI is InChI=1S/C12H17NO/c1-14-7-3-6-10-4-2-5-11-8-13-9-12(10)11/h2,4-5,13H,3,6-9H2,1H3. The zero-order chi connectivity index (χ0) is 9.80. The zero-order valence-electron chi connectivity index (χ0n) is 8.68. The van der Waals surface area contributed by atoms with Crippen LogP contribution in [0.4, 0.5) is 0 Å². The largest absolute Gasteiger partial charge is 0.385 e. The molecular weight excluding hydrogens is 174 g/mol. The number of fused-ring (bicyclic) bond motifs is 1. The lowest BCUT2D eigenvalue weighted by Gasteiger charge is -2.06. The van der Waals surface area contributed by atoms with Gasteiger partial charge in [0, 0.05) is 26.8 Å². The van der Waals surface area contributed by atoms with Crippen LogP contribution in [0.2, 0.25) is 0 Å². The lowest BCUT2D eigenvalue weighted by Crippen LogP contribution is -2.01. The molecule has 1 aliphatic heterocycles. The topological polar surface area (TPSA) is 21.3 Å². The first-order valence-electron chi connectivity index (χ1n) is 5.21. The second kappa shape index (κ2) is 4.58. The minimum absolute atomic E-state index is 0.858. The SMILES string of the molecule is COCCCc1cccc2c1CNC2. The van der Waals surface area contributed by atoms with E-state index in [2.05, 4.69) is 23.5 Å². The molecule has 0 radical (unpaired) electrons. The summed E-state index contributed by atoms with van der Waals surface area (Å²) in [5.74, 6) is 0. The van der Waals surface area contributed by atoms with Gasteiger partial charge in [-0.25, -0.2) is 0 Å². The van der Waals surface area contributed by atoms with Crippen LogP contribution < -0.4 is 5.32 Å². The number of hydrogen-bond acceptors (Lipinski definition) is 2. The molecule has 0 unspecified atom stereocenters. The fourth-order valence-corrected chi connectivity index (χ4v) is 2.04. The number of benzene rings is 1. The van der Waals surface area contributed by atoms with Crippen LogP contribution in [0.1, 0.15) is 23.1 Å². The zero-order valence-corrected chi connectivity index (χ0v) is 8.68. The van der Waals surface area contributed by atoms with E-state index in [4.69, 9.17) is 4.74 Å². The molecule has 0 aromatic heterocycles. The molecule has 76 valence electrons. The predicted octanol–water partition coefficient (Wildman–Crippen LogP) is 1.87. The maximum atomic E-state index is 5.07. The molecule has 0 saturated carbocycles. The van der Waals surface area contributed by atoms with Crippen LogP contribution in [0.25, 0.3) is 0 Å². The predicted molar refractivity (Wildman–Crippen MR) is 57.2 cm³/mol. The van der Waals surface area contributed by atoms with Crippen molar-refractivity contribution >= 4 is 0 Å². The van der Waals surface area contributed by atoms with Crippen molar-refractivity contribution in [3.63, 3.8) is 0 Å². The highest BCUT2D eigenvalue weighted by molar-refractivity contribution is 5.37. The van der Waals surface area contributed by atoms with Crippen LogP contribution >= 0.6 is 0 Å². The molecule has 0 spiro atoms. The van der Waals surface area contributed by atoms with Crippen molar-refractivity contribution in [1.82, 2.24) is 5.32 Å². The first-order valence-corrected chi connectivity index (χ1v) is 5.21.